The summed E-state index contributed by atoms with van der Waals surface area (Å²) in [5, 5.41) is 1.56. The standard InChI is InChI=1S/C13H18N6O3/c1-20-11(21-2)7-13(8-4-3-5-22-8)17-10-6-9(14)16-12(15)19(10)18-13/h3-6,11,18H,7,14H2,1-2H3,(H2,15,16). The normalized spacial score (nSPS) is 24.1. The van der Waals surface area contributed by atoms with E-state index < -0.39 is 12.0 Å². The summed E-state index contributed by atoms with van der Waals surface area (Å²) in [5.74, 6) is 1.65. The topological polar surface area (TPSA) is 124 Å². The van der Waals surface area contributed by atoms with Crippen molar-refractivity contribution in [3.8, 4) is 0 Å². The number of rotatable bonds is 5. The van der Waals surface area contributed by atoms with E-state index in [0.717, 1.165) is 0 Å². The molecule has 0 bridgehead atoms. The van der Waals surface area contributed by atoms with Crippen molar-refractivity contribution in [3.05, 3.63) is 36.1 Å². The predicted molar refractivity (Wildman–Crippen MR) is 79.1 cm³/mol. The fourth-order valence-corrected chi connectivity index (χ4v) is 2.45. The largest absolute Gasteiger partial charge is 0.465 e. The van der Waals surface area contributed by atoms with E-state index in [2.05, 4.69) is 15.4 Å². The van der Waals surface area contributed by atoms with Gasteiger partial charge in [0.15, 0.2) is 17.8 Å². The van der Waals surface area contributed by atoms with Crippen LogP contribution in [0.4, 0.5) is 0 Å². The van der Waals surface area contributed by atoms with Crippen molar-refractivity contribution >= 4 is 11.8 Å². The first-order valence-electron chi connectivity index (χ1n) is 6.66. The summed E-state index contributed by atoms with van der Waals surface area (Å²) >= 11 is 0. The van der Waals surface area contributed by atoms with Crippen LogP contribution in [0.1, 0.15) is 12.2 Å². The van der Waals surface area contributed by atoms with Gasteiger partial charge in [-0.2, -0.15) is 10.4 Å². The summed E-state index contributed by atoms with van der Waals surface area (Å²) in [7, 11) is 3.13. The Kier molecular flexibility index (Phi) is 3.61. The molecule has 0 aliphatic carbocycles. The first-order chi connectivity index (χ1) is 10.6. The summed E-state index contributed by atoms with van der Waals surface area (Å²) in [5.41, 5.74) is 13.9. The molecule has 0 aromatic carbocycles. The average Bonchev–Trinajstić information content (AvgIpc) is 3.12. The number of amidine groups is 1. The van der Waals surface area contributed by atoms with E-state index in [-0.39, 0.29) is 5.96 Å². The third-order valence-corrected chi connectivity index (χ3v) is 3.50. The molecular weight excluding hydrogens is 288 g/mol. The molecule has 0 saturated carbocycles. The second-order valence-electron chi connectivity index (χ2n) is 4.90. The second kappa shape index (κ2) is 5.44. The number of methoxy groups -OCH3 is 2. The molecule has 2 aliphatic heterocycles. The second-order valence-corrected chi connectivity index (χ2v) is 4.90. The molecule has 0 amide bonds. The van der Waals surface area contributed by atoms with Crippen LogP contribution in [-0.2, 0) is 15.1 Å². The number of ether oxygens (including phenoxy) is 2. The molecule has 1 aromatic heterocycles. The molecule has 0 radical (unpaired) electrons. The molecule has 3 heterocycles. The number of hydrogen-bond acceptors (Lipinski definition) is 9. The number of nitrogens with zero attached hydrogens (tertiary/aromatic N) is 3. The van der Waals surface area contributed by atoms with Gasteiger partial charge in [0.05, 0.1) is 6.26 Å². The number of hydrazine groups is 1. The van der Waals surface area contributed by atoms with Gasteiger partial charge in [0.2, 0.25) is 5.96 Å². The number of aliphatic imine (C=N–C) groups is 2. The van der Waals surface area contributed by atoms with E-state index in [1.165, 1.54) is 0 Å². The average molecular weight is 306 g/mol. The third kappa shape index (κ3) is 2.34. The molecule has 3 rings (SSSR count). The zero-order valence-electron chi connectivity index (χ0n) is 12.3. The van der Waals surface area contributed by atoms with Gasteiger partial charge in [0.1, 0.15) is 11.6 Å². The quantitative estimate of drug-likeness (QED) is 0.643. The monoisotopic (exact) mass is 306 g/mol. The lowest BCUT2D eigenvalue weighted by atomic mass is 10.0. The number of furan rings is 1. The predicted octanol–water partition coefficient (Wildman–Crippen LogP) is -0.211. The van der Waals surface area contributed by atoms with Gasteiger partial charge in [-0.25, -0.2) is 10.0 Å². The van der Waals surface area contributed by atoms with Gasteiger partial charge < -0.3 is 25.4 Å². The first kappa shape index (κ1) is 14.6. The van der Waals surface area contributed by atoms with E-state index in [0.29, 0.717) is 23.8 Å². The van der Waals surface area contributed by atoms with Crippen LogP contribution in [0.25, 0.3) is 0 Å². The number of fused-ring (bicyclic) bond motifs is 1. The van der Waals surface area contributed by atoms with Crippen LogP contribution < -0.4 is 16.9 Å². The van der Waals surface area contributed by atoms with E-state index >= 15 is 0 Å². The molecule has 2 aliphatic rings. The minimum atomic E-state index is -0.920. The minimum Gasteiger partial charge on any atom is -0.465 e. The number of guanidine groups is 1. The van der Waals surface area contributed by atoms with Gasteiger partial charge in [0.25, 0.3) is 0 Å². The number of hydrogen-bond donors (Lipinski definition) is 3. The molecule has 5 N–H and O–H groups in total. The van der Waals surface area contributed by atoms with Crippen molar-refractivity contribution in [1.29, 1.82) is 0 Å². The number of nitrogens with one attached hydrogen (secondary N) is 1. The van der Waals surface area contributed by atoms with Gasteiger partial charge in [-0.15, -0.1) is 0 Å². The Morgan fingerprint density at radius 2 is 2.18 bits per heavy atom. The fourth-order valence-electron chi connectivity index (χ4n) is 2.45. The molecule has 0 fully saturated rings. The van der Waals surface area contributed by atoms with Crippen LogP contribution in [-0.4, -0.2) is 37.3 Å². The first-order valence-corrected chi connectivity index (χ1v) is 6.66. The van der Waals surface area contributed by atoms with Gasteiger partial charge >= 0.3 is 0 Å². The Bertz CT molecular complexity index is 630. The minimum absolute atomic E-state index is 0.207. The summed E-state index contributed by atoms with van der Waals surface area (Å²) in [6.45, 7) is 0. The van der Waals surface area contributed by atoms with Crippen molar-refractivity contribution < 1.29 is 13.9 Å². The lowest BCUT2D eigenvalue weighted by Crippen LogP contribution is -2.54. The summed E-state index contributed by atoms with van der Waals surface area (Å²) in [4.78, 5) is 8.70. The lowest BCUT2D eigenvalue weighted by molar-refractivity contribution is -0.122. The third-order valence-electron chi connectivity index (χ3n) is 3.50. The van der Waals surface area contributed by atoms with Crippen LogP contribution in [0.15, 0.2) is 44.7 Å². The SMILES string of the molecule is COC(CC1(c2ccco2)N=C2C=C(N)N=C(N)N2N1)OC. The highest BCUT2D eigenvalue weighted by molar-refractivity contribution is 6.08. The Hall–Kier alpha value is -2.36. The van der Waals surface area contributed by atoms with Crippen LogP contribution >= 0.6 is 0 Å². The smallest absolute Gasteiger partial charge is 0.218 e. The molecule has 9 heteroatoms. The Labute approximate surface area is 127 Å². The maximum atomic E-state index is 5.90. The van der Waals surface area contributed by atoms with Crippen LogP contribution in [0.3, 0.4) is 0 Å². The molecule has 0 spiro atoms. The van der Waals surface area contributed by atoms with E-state index in [1.54, 1.807) is 37.6 Å². The van der Waals surface area contributed by atoms with E-state index in [1.807, 2.05) is 6.07 Å². The molecule has 22 heavy (non-hydrogen) atoms. The molecule has 118 valence electrons. The maximum Gasteiger partial charge on any atom is 0.218 e. The molecule has 0 saturated heterocycles. The highest BCUT2D eigenvalue weighted by Gasteiger charge is 2.46. The number of nitrogens with two attached hydrogens (primary N) is 2. The molecule has 9 nitrogen and oxygen atoms in total. The van der Waals surface area contributed by atoms with Crippen LogP contribution in [0.5, 0.6) is 0 Å². The van der Waals surface area contributed by atoms with Crippen molar-refractivity contribution in [3.63, 3.8) is 0 Å². The van der Waals surface area contributed by atoms with Crippen molar-refractivity contribution in [2.45, 2.75) is 18.4 Å². The Balaban J connectivity index is 2.01. The van der Waals surface area contributed by atoms with Crippen molar-refractivity contribution in [2.75, 3.05) is 14.2 Å². The summed E-state index contributed by atoms with van der Waals surface area (Å²) in [6.07, 6.45) is 3.09. The van der Waals surface area contributed by atoms with E-state index in [9.17, 15) is 0 Å². The van der Waals surface area contributed by atoms with Gasteiger partial charge in [-0.05, 0) is 12.1 Å². The fraction of sp³-hybridized carbons (Fsp3) is 0.385. The van der Waals surface area contributed by atoms with Gasteiger partial charge in [-0.1, -0.05) is 0 Å². The Morgan fingerprint density at radius 3 is 2.82 bits per heavy atom. The van der Waals surface area contributed by atoms with E-state index in [4.69, 9.17) is 25.4 Å². The zero-order valence-corrected chi connectivity index (χ0v) is 12.3. The molecular formula is C13H18N6O3. The molecule has 1 unspecified atom stereocenters. The van der Waals surface area contributed by atoms with Gasteiger partial charge in [-0.3, -0.25) is 0 Å². The lowest BCUT2D eigenvalue weighted by Gasteiger charge is -2.30. The van der Waals surface area contributed by atoms with Crippen molar-refractivity contribution in [2.24, 2.45) is 21.5 Å². The maximum absolute atomic E-state index is 5.90. The summed E-state index contributed by atoms with van der Waals surface area (Å²) in [6, 6.07) is 3.60. The molecule has 1 atom stereocenters. The van der Waals surface area contributed by atoms with Crippen molar-refractivity contribution in [1.82, 2.24) is 10.4 Å². The Morgan fingerprint density at radius 1 is 1.41 bits per heavy atom. The van der Waals surface area contributed by atoms with Crippen LogP contribution in [0, 0.1) is 0 Å². The summed E-state index contributed by atoms with van der Waals surface area (Å²) < 4.78 is 16.1. The van der Waals surface area contributed by atoms with Crippen LogP contribution in [0.2, 0.25) is 0 Å². The zero-order chi connectivity index (χ0) is 15.7. The molecule has 1 aromatic rings. The highest BCUT2D eigenvalue weighted by Crippen LogP contribution is 2.35. The van der Waals surface area contributed by atoms with Gasteiger partial charge in [0, 0.05) is 26.7 Å². The highest BCUT2D eigenvalue weighted by atomic mass is 16.7.